The fourth-order valence-corrected chi connectivity index (χ4v) is 3.92. The Labute approximate surface area is 129 Å². The average Bonchev–Trinajstić information content (AvgIpc) is 2.77. The first kappa shape index (κ1) is 14.9. The van der Waals surface area contributed by atoms with Gasteiger partial charge in [0, 0.05) is 30.5 Å². The van der Waals surface area contributed by atoms with Crippen molar-refractivity contribution in [3.05, 3.63) is 36.0 Å². The fraction of sp³-hybridized carbons (Fsp3) is 0.333. The zero-order valence-electron chi connectivity index (χ0n) is 12.2. The molecule has 1 atom stereocenters. The minimum atomic E-state index is -3.58. The van der Waals surface area contributed by atoms with Gasteiger partial charge in [-0.3, -0.25) is 9.78 Å². The van der Waals surface area contributed by atoms with Gasteiger partial charge in [-0.2, -0.15) is 0 Å². The SMILES string of the molecule is Cc1ccc2ncccc2c1N1CC(CS(N)(=O)=O)CC1=O. The molecule has 6 nitrogen and oxygen atoms in total. The van der Waals surface area contributed by atoms with Gasteiger partial charge in [-0.1, -0.05) is 6.07 Å². The lowest BCUT2D eigenvalue weighted by atomic mass is 10.1. The van der Waals surface area contributed by atoms with E-state index >= 15 is 0 Å². The molecular formula is C15H17N3O3S. The van der Waals surface area contributed by atoms with Gasteiger partial charge in [0.1, 0.15) is 0 Å². The summed E-state index contributed by atoms with van der Waals surface area (Å²) in [5, 5.41) is 5.99. The maximum absolute atomic E-state index is 12.3. The van der Waals surface area contributed by atoms with Crippen LogP contribution in [0.3, 0.4) is 0 Å². The number of rotatable bonds is 3. The van der Waals surface area contributed by atoms with E-state index < -0.39 is 10.0 Å². The minimum Gasteiger partial charge on any atom is -0.311 e. The summed E-state index contributed by atoms with van der Waals surface area (Å²) in [5.74, 6) is -0.515. The highest BCUT2D eigenvalue weighted by Crippen LogP contribution is 2.34. The Morgan fingerprint density at radius 2 is 2.14 bits per heavy atom. The lowest BCUT2D eigenvalue weighted by molar-refractivity contribution is -0.117. The van der Waals surface area contributed by atoms with Crippen LogP contribution in [-0.4, -0.2) is 31.6 Å². The average molecular weight is 319 g/mol. The number of fused-ring (bicyclic) bond motifs is 1. The van der Waals surface area contributed by atoms with Crippen LogP contribution in [0.15, 0.2) is 30.5 Å². The number of hydrogen-bond donors (Lipinski definition) is 1. The van der Waals surface area contributed by atoms with Gasteiger partial charge in [0.25, 0.3) is 0 Å². The molecule has 1 saturated heterocycles. The van der Waals surface area contributed by atoms with Crippen LogP contribution in [0.25, 0.3) is 10.9 Å². The molecule has 0 bridgehead atoms. The molecule has 116 valence electrons. The Morgan fingerprint density at radius 3 is 2.86 bits per heavy atom. The van der Waals surface area contributed by atoms with Gasteiger partial charge in [0.05, 0.1) is 17.0 Å². The number of nitrogens with two attached hydrogens (primary N) is 1. The van der Waals surface area contributed by atoms with Crippen LogP contribution in [0.4, 0.5) is 5.69 Å². The molecule has 2 aromatic rings. The fourth-order valence-electron chi connectivity index (χ4n) is 3.04. The van der Waals surface area contributed by atoms with Gasteiger partial charge < -0.3 is 4.90 Å². The Hall–Kier alpha value is -1.99. The van der Waals surface area contributed by atoms with Crippen molar-refractivity contribution in [1.82, 2.24) is 4.98 Å². The van der Waals surface area contributed by atoms with Crippen molar-refractivity contribution in [1.29, 1.82) is 0 Å². The van der Waals surface area contributed by atoms with Crippen molar-refractivity contribution in [2.45, 2.75) is 13.3 Å². The molecule has 1 unspecified atom stereocenters. The molecule has 2 heterocycles. The zero-order chi connectivity index (χ0) is 15.9. The summed E-state index contributed by atoms with van der Waals surface area (Å²) < 4.78 is 22.5. The van der Waals surface area contributed by atoms with Gasteiger partial charge >= 0.3 is 0 Å². The third-order valence-electron chi connectivity index (χ3n) is 3.90. The summed E-state index contributed by atoms with van der Waals surface area (Å²) >= 11 is 0. The van der Waals surface area contributed by atoms with E-state index in [0.29, 0.717) is 6.54 Å². The number of pyridine rings is 1. The van der Waals surface area contributed by atoms with Crippen LogP contribution in [0, 0.1) is 12.8 Å². The van der Waals surface area contributed by atoms with Crippen molar-refractivity contribution in [3.63, 3.8) is 0 Å². The van der Waals surface area contributed by atoms with Crippen LogP contribution in [-0.2, 0) is 14.8 Å². The highest BCUT2D eigenvalue weighted by molar-refractivity contribution is 7.89. The van der Waals surface area contributed by atoms with E-state index in [1.807, 2.05) is 31.2 Å². The maximum atomic E-state index is 12.3. The van der Waals surface area contributed by atoms with Gasteiger partial charge in [-0.05, 0) is 30.7 Å². The third kappa shape index (κ3) is 2.82. The number of aryl methyl sites for hydroxylation is 1. The molecule has 0 aliphatic carbocycles. The summed E-state index contributed by atoms with van der Waals surface area (Å²) in [6, 6.07) is 7.58. The Kier molecular flexibility index (Phi) is 3.62. The maximum Gasteiger partial charge on any atom is 0.227 e. The number of carbonyl (C=O) groups excluding carboxylic acids is 1. The van der Waals surface area contributed by atoms with Crippen LogP contribution in [0.5, 0.6) is 0 Å². The second-order valence-corrected chi connectivity index (χ2v) is 7.36. The van der Waals surface area contributed by atoms with E-state index in [1.54, 1.807) is 11.1 Å². The number of aromatic nitrogens is 1. The van der Waals surface area contributed by atoms with Crippen LogP contribution < -0.4 is 10.0 Å². The van der Waals surface area contributed by atoms with Gasteiger partial charge in [0.15, 0.2) is 0 Å². The lowest BCUT2D eigenvalue weighted by Crippen LogP contribution is -2.28. The largest absolute Gasteiger partial charge is 0.311 e. The molecule has 7 heteroatoms. The summed E-state index contributed by atoms with van der Waals surface area (Å²) in [7, 11) is -3.58. The molecule has 1 aliphatic heterocycles. The Bertz CT molecular complexity index is 848. The minimum absolute atomic E-state index is 0.0758. The molecule has 2 N–H and O–H groups in total. The predicted octanol–water partition coefficient (Wildman–Crippen LogP) is 1.18. The lowest BCUT2D eigenvalue weighted by Gasteiger charge is -2.21. The number of amides is 1. The Balaban J connectivity index is 2.01. The van der Waals surface area contributed by atoms with E-state index in [9.17, 15) is 13.2 Å². The predicted molar refractivity (Wildman–Crippen MR) is 84.9 cm³/mol. The monoisotopic (exact) mass is 319 g/mol. The summed E-state index contributed by atoms with van der Waals surface area (Å²) in [5.41, 5.74) is 2.59. The smallest absolute Gasteiger partial charge is 0.227 e. The van der Waals surface area contributed by atoms with Crippen LogP contribution >= 0.6 is 0 Å². The zero-order valence-corrected chi connectivity index (χ0v) is 13.0. The van der Waals surface area contributed by atoms with Crippen molar-refractivity contribution in [2.75, 3.05) is 17.2 Å². The highest BCUT2D eigenvalue weighted by Gasteiger charge is 2.34. The van der Waals surface area contributed by atoms with Crippen LogP contribution in [0.2, 0.25) is 0 Å². The number of carbonyl (C=O) groups is 1. The van der Waals surface area contributed by atoms with E-state index in [1.165, 1.54) is 0 Å². The van der Waals surface area contributed by atoms with Gasteiger partial charge in [-0.25, -0.2) is 13.6 Å². The first-order chi connectivity index (χ1) is 10.3. The number of benzene rings is 1. The van der Waals surface area contributed by atoms with E-state index in [2.05, 4.69) is 4.98 Å². The second-order valence-electron chi connectivity index (χ2n) is 5.71. The third-order valence-corrected chi connectivity index (χ3v) is 4.84. The summed E-state index contributed by atoms with van der Waals surface area (Å²) in [6.45, 7) is 2.30. The first-order valence-corrected chi connectivity index (χ1v) is 8.72. The standard InChI is InChI=1S/C15H17N3O3S/c1-10-4-5-13-12(3-2-6-17-13)15(10)18-8-11(7-14(18)19)9-22(16,20)21/h2-6,11H,7-9H2,1H3,(H2,16,20,21). The number of primary sulfonamides is 1. The van der Waals surface area contributed by atoms with E-state index in [0.717, 1.165) is 22.2 Å². The van der Waals surface area contributed by atoms with Gasteiger partial charge in [0.2, 0.25) is 15.9 Å². The number of sulfonamides is 1. The number of nitrogens with zero attached hydrogens (tertiary/aromatic N) is 2. The number of anilines is 1. The normalized spacial score (nSPS) is 19.1. The van der Waals surface area contributed by atoms with E-state index in [-0.39, 0.29) is 24.0 Å². The first-order valence-electron chi connectivity index (χ1n) is 7.00. The highest BCUT2D eigenvalue weighted by atomic mass is 32.2. The molecule has 1 amide bonds. The molecule has 1 aliphatic rings. The number of hydrogen-bond acceptors (Lipinski definition) is 4. The molecule has 3 rings (SSSR count). The molecule has 22 heavy (non-hydrogen) atoms. The van der Waals surface area contributed by atoms with Gasteiger partial charge in [-0.15, -0.1) is 0 Å². The molecule has 1 fully saturated rings. The topological polar surface area (TPSA) is 93.4 Å². The molecule has 1 aromatic carbocycles. The molecule has 0 saturated carbocycles. The molecule has 0 radical (unpaired) electrons. The molecular weight excluding hydrogens is 302 g/mol. The van der Waals surface area contributed by atoms with Crippen molar-refractivity contribution >= 4 is 32.5 Å². The van der Waals surface area contributed by atoms with Crippen molar-refractivity contribution in [2.24, 2.45) is 11.1 Å². The Morgan fingerprint density at radius 1 is 1.36 bits per heavy atom. The van der Waals surface area contributed by atoms with E-state index in [4.69, 9.17) is 5.14 Å². The summed E-state index contributed by atoms with van der Waals surface area (Å²) in [6.07, 6.45) is 1.91. The van der Waals surface area contributed by atoms with Crippen LogP contribution in [0.1, 0.15) is 12.0 Å². The van der Waals surface area contributed by atoms with Crippen molar-refractivity contribution in [3.8, 4) is 0 Å². The molecule has 0 spiro atoms. The molecule has 1 aromatic heterocycles. The quantitative estimate of drug-likeness (QED) is 0.919. The van der Waals surface area contributed by atoms with Crippen molar-refractivity contribution < 1.29 is 13.2 Å². The second kappa shape index (κ2) is 5.33. The summed E-state index contributed by atoms with van der Waals surface area (Å²) in [4.78, 5) is 18.3.